The van der Waals surface area contributed by atoms with Crippen LogP contribution in [0.25, 0.3) is 0 Å². The number of anilines is 2. The third-order valence-electron chi connectivity index (χ3n) is 6.32. The number of carbonyl (C=O) groups is 2. The third-order valence-corrected chi connectivity index (χ3v) is 9.20. The molecule has 8 nitrogen and oxygen atoms in total. The number of nitrogens with two attached hydrogens (primary N) is 1. The van der Waals surface area contributed by atoms with Gasteiger partial charge in [-0.3, -0.25) is 14.5 Å². The molecular formula is C26H18Cl2F2N6O2S2. The molecule has 1 amide bonds. The van der Waals surface area contributed by atoms with Crippen molar-refractivity contribution in [1.82, 2.24) is 10.2 Å². The lowest BCUT2D eigenvalue weighted by molar-refractivity contribution is -0.116. The van der Waals surface area contributed by atoms with Crippen molar-refractivity contribution in [2.75, 3.05) is 16.0 Å². The van der Waals surface area contributed by atoms with Crippen LogP contribution < -0.4 is 16.0 Å². The molecule has 2 aromatic carbocycles. The zero-order chi connectivity index (χ0) is 28.6. The number of Topliss-reactive ketones (excluding diaryl/α,β-unsaturated/α-hetero) is 1. The van der Waals surface area contributed by atoms with Gasteiger partial charge >= 0.3 is 0 Å². The van der Waals surface area contributed by atoms with Crippen LogP contribution in [-0.4, -0.2) is 27.6 Å². The van der Waals surface area contributed by atoms with Gasteiger partial charge in [0.1, 0.15) is 17.5 Å². The van der Waals surface area contributed by atoms with Crippen molar-refractivity contribution >= 4 is 68.8 Å². The minimum absolute atomic E-state index is 0.0919. The van der Waals surface area contributed by atoms with Crippen LogP contribution in [0.2, 0.25) is 10.0 Å². The fourth-order valence-corrected chi connectivity index (χ4v) is 6.71. The molecule has 1 unspecified atom stereocenters. The highest BCUT2D eigenvalue weighted by Crippen LogP contribution is 2.49. The second-order valence-electron chi connectivity index (χ2n) is 8.77. The molecule has 2 aliphatic rings. The smallest absolute Gasteiger partial charge is 0.234 e. The van der Waals surface area contributed by atoms with Crippen LogP contribution in [0.3, 0.4) is 0 Å². The van der Waals surface area contributed by atoms with E-state index in [2.05, 4.69) is 21.6 Å². The Morgan fingerprint density at radius 2 is 2.05 bits per heavy atom. The Labute approximate surface area is 245 Å². The Bertz CT molecular complexity index is 1650. The molecule has 14 heteroatoms. The number of hydrogen-bond acceptors (Lipinski definition) is 9. The Balaban J connectivity index is 1.43. The Morgan fingerprint density at radius 3 is 2.80 bits per heavy atom. The number of allylic oxidation sites excluding steroid dienone is 3. The van der Waals surface area contributed by atoms with Crippen molar-refractivity contribution in [2.45, 2.75) is 29.5 Å². The van der Waals surface area contributed by atoms with E-state index in [0.717, 1.165) is 35.2 Å². The fraction of sp³-hybridized carbons (Fsp3) is 0.192. The molecule has 5 rings (SSSR count). The molecule has 2 heterocycles. The van der Waals surface area contributed by atoms with Crippen molar-refractivity contribution in [3.63, 3.8) is 0 Å². The highest BCUT2D eigenvalue weighted by atomic mass is 35.5. The van der Waals surface area contributed by atoms with Crippen LogP contribution in [0.4, 0.5) is 19.6 Å². The molecule has 3 aromatic rings. The number of nitrogens with zero attached hydrogens (tertiary/aromatic N) is 4. The summed E-state index contributed by atoms with van der Waals surface area (Å²) in [6, 6.07) is 10.0. The second-order valence-corrected chi connectivity index (χ2v) is 11.7. The van der Waals surface area contributed by atoms with Gasteiger partial charge in [0.15, 0.2) is 10.1 Å². The highest BCUT2D eigenvalue weighted by molar-refractivity contribution is 8.01. The molecule has 0 saturated carbocycles. The van der Waals surface area contributed by atoms with E-state index < -0.39 is 23.5 Å². The number of amides is 1. The number of benzene rings is 2. The van der Waals surface area contributed by atoms with Gasteiger partial charge in [-0.2, -0.15) is 5.26 Å². The Kier molecular flexibility index (Phi) is 8.09. The lowest BCUT2D eigenvalue weighted by Crippen LogP contribution is -2.38. The molecule has 0 radical (unpaired) electrons. The van der Waals surface area contributed by atoms with E-state index in [9.17, 15) is 23.6 Å². The molecule has 1 aromatic heterocycles. The molecular weight excluding hydrogens is 601 g/mol. The standard InChI is InChI=1S/C26H18Cl2F2N6O2S2/c27-15-4-1-3-13(23(15)28)21-14(10-31)24(32)36(18-5-2-6-19(37)22(18)21)25-34-35-26(40-25)39-11-20(38)33-17-8-7-12(29)9-16(17)30/h1,3-4,7-9,21H,2,5-6,11,32H2,(H,33,38). The number of nitrogens with one attached hydrogen (secondary N) is 1. The van der Waals surface area contributed by atoms with Crippen molar-refractivity contribution in [1.29, 1.82) is 5.26 Å². The van der Waals surface area contributed by atoms with Crippen LogP contribution in [0.15, 0.2) is 63.4 Å². The first-order valence-corrected chi connectivity index (χ1v) is 14.4. The Hall–Kier alpha value is -3.50. The lowest BCUT2D eigenvalue weighted by atomic mass is 9.76. The molecule has 0 fully saturated rings. The third kappa shape index (κ3) is 5.30. The van der Waals surface area contributed by atoms with Gasteiger partial charge in [0.05, 0.1) is 39.0 Å². The van der Waals surface area contributed by atoms with Crippen molar-refractivity contribution in [3.8, 4) is 6.07 Å². The highest BCUT2D eigenvalue weighted by Gasteiger charge is 2.42. The maximum absolute atomic E-state index is 13.9. The zero-order valence-electron chi connectivity index (χ0n) is 20.4. The summed E-state index contributed by atoms with van der Waals surface area (Å²) < 4.78 is 27.4. The van der Waals surface area contributed by atoms with E-state index in [1.165, 1.54) is 0 Å². The Morgan fingerprint density at radius 1 is 1.25 bits per heavy atom. The number of ketones is 1. The maximum Gasteiger partial charge on any atom is 0.234 e. The van der Waals surface area contributed by atoms with Gasteiger partial charge in [-0.1, -0.05) is 58.4 Å². The van der Waals surface area contributed by atoms with Gasteiger partial charge in [0.25, 0.3) is 0 Å². The van der Waals surface area contributed by atoms with Gasteiger partial charge in [-0.05, 0) is 36.6 Å². The summed E-state index contributed by atoms with van der Waals surface area (Å²) >= 11 is 14.9. The first kappa shape index (κ1) is 28.0. The van der Waals surface area contributed by atoms with Gasteiger partial charge in [0.2, 0.25) is 11.0 Å². The minimum Gasteiger partial charge on any atom is -0.384 e. The molecule has 0 spiro atoms. The normalized spacial score (nSPS) is 17.1. The molecule has 0 bridgehead atoms. The molecule has 1 aliphatic heterocycles. The number of halogens is 4. The summed E-state index contributed by atoms with van der Waals surface area (Å²) in [4.78, 5) is 27.2. The molecule has 40 heavy (non-hydrogen) atoms. The number of carbonyl (C=O) groups excluding carboxylic acids is 2. The average Bonchev–Trinajstić information content (AvgIpc) is 3.39. The van der Waals surface area contributed by atoms with E-state index in [-0.39, 0.29) is 33.6 Å². The fourth-order valence-electron chi connectivity index (χ4n) is 4.61. The van der Waals surface area contributed by atoms with Crippen LogP contribution in [-0.2, 0) is 9.59 Å². The molecule has 1 atom stereocenters. The summed E-state index contributed by atoms with van der Waals surface area (Å²) in [6.07, 6.45) is 1.39. The number of aromatic nitrogens is 2. The topological polar surface area (TPSA) is 125 Å². The van der Waals surface area contributed by atoms with Crippen LogP contribution >= 0.6 is 46.3 Å². The number of thioether (sulfide) groups is 1. The number of hydrogen-bond donors (Lipinski definition) is 2. The summed E-state index contributed by atoms with van der Waals surface area (Å²) in [7, 11) is 0. The van der Waals surface area contributed by atoms with Crippen LogP contribution in [0, 0.1) is 23.0 Å². The van der Waals surface area contributed by atoms with Crippen molar-refractivity contribution < 1.29 is 18.4 Å². The second kappa shape index (κ2) is 11.5. The van der Waals surface area contributed by atoms with Crippen molar-refractivity contribution in [2.24, 2.45) is 5.73 Å². The van der Waals surface area contributed by atoms with Gasteiger partial charge in [-0.25, -0.2) is 8.78 Å². The minimum atomic E-state index is -0.888. The molecule has 1 aliphatic carbocycles. The summed E-state index contributed by atoms with van der Waals surface area (Å²) in [6.45, 7) is 0. The van der Waals surface area contributed by atoms with Crippen LogP contribution in [0.5, 0.6) is 0 Å². The number of rotatable bonds is 6. The first-order chi connectivity index (χ1) is 19.2. The largest absolute Gasteiger partial charge is 0.384 e. The van der Waals surface area contributed by atoms with E-state index in [1.54, 1.807) is 23.1 Å². The predicted octanol–water partition coefficient (Wildman–Crippen LogP) is 6.16. The lowest BCUT2D eigenvalue weighted by Gasteiger charge is -2.38. The zero-order valence-corrected chi connectivity index (χ0v) is 23.5. The van der Waals surface area contributed by atoms with Crippen LogP contribution in [0.1, 0.15) is 30.7 Å². The summed E-state index contributed by atoms with van der Waals surface area (Å²) in [5.74, 6) is -3.11. The predicted molar refractivity (Wildman–Crippen MR) is 150 cm³/mol. The van der Waals surface area contributed by atoms with E-state index >= 15 is 0 Å². The summed E-state index contributed by atoms with van der Waals surface area (Å²) in [5, 5.41) is 21.7. The van der Waals surface area contributed by atoms with Gasteiger partial charge in [-0.15, -0.1) is 10.2 Å². The molecule has 3 N–H and O–H groups in total. The van der Waals surface area contributed by atoms with E-state index in [1.807, 2.05) is 0 Å². The average molecular weight is 620 g/mol. The monoisotopic (exact) mass is 618 g/mol. The quantitative estimate of drug-likeness (QED) is 0.315. The molecule has 204 valence electrons. The van der Waals surface area contributed by atoms with Gasteiger partial charge in [0, 0.05) is 23.8 Å². The van der Waals surface area contributed by atoms with Gasteiger partial charge < -0.3 is 11.1 Å². The first-order valence-electron chi connectivity index (χ1n) is 11.8. The van der Waals surface area contributed by atoms with Crippen molar-refractivity contribution in [3.05, 3.63) is 86.3 Å². The van der Waals surface area contributed by atoms with E-state index in [4.69, 9.17) is 28.9 Å². The maximum atomic E-state index is 13.9. The molecule has 0 saturated heterocycles. The van der Waals surface area contributed by atoms with E-state index in [0.29, 0.717) is 56.7 Å². The number of nitriles is 1. The summed E-state index contributed by atoms with van der Waals surface area (Å²) in [5.41, 5.74) is 8.05. The SMILES string of the molecule is N#CC1=C(N)N(c2nnc(SCC(=O)Nc3ccc(F)cc3F)s2)C2=C(C(=O)CCC2)C1c1cccc(Cl)c1Cl.